The molecule has 0 unspecified atom stereocenters. The smallest absolute Gasteiger partial charge is 0.220 e. The van der Waals surface area contributed by atoms with Gasteiger partial charge < -0.3 is 9.88 Å². The van der Waals surface area contributed by atoms with Crippen molar-refractivity contribution in [1.29, 1.82) is 0 Å². The van der Waals surface area contributed by atoms with Crippen molar-refractivity contribution in [3.8, 4) is 0 Å². The third kappa shape index (κ3) is 8.90. The summed E-state index contributed by atoms with van der Waals surface area (Å²) in [5, 5.41) is 13.1. The van der Waals surface area contributed by atoms with Crippen molar-refractivity contribution in [3.05, 3.63) is 113 Å². The fourth-order valence-electron chi connectivity index (χ4n) is 4.32. The van der Waals surface area contributed by atoms with E-state index in [1.807, 2.05) is 18.2 Å². The van der Waals surface area contributed by atoms with Gasteiger partial charge in [-0.1, -0.05) is 102 Å². The molecule has 0 spiro atoms. The van der Waals surface area contributed by atoms with Gasteiger partial charge in [0.15, 0.2) is 5.16 Å². The van der Waals surface area contributed by atoms with E-state index in [2.05, 4.69) is 93.7 Å². The molecule has 4 aromatic rings. The number of carbonyl (C=O) groups is 1. The third-order valence-corrected chi connectivity index (χ3v) is 7.38. The normalized spacial score (nSPS) is 10.9. The van der Waals surface area contributed by atoms with Gasteiger partial charge in [-0.2, -0.15) is 0 Å². The highest BCUT2D eigenvalue weighted by Crippen LogP contribution is 2.23. The Morgan fingerprint density at radius 2 is 1.51 bits per heavy atom. The van der Waals surface area contributed by atoms with E-state index >= 15 is 0 Å². The highest BCUT2D eigenvalue weighted by atomic mass is 32.2. The number of hydrogen-bond acceptors (Lipinski definition) is 4. The maximum atomic E-state index is 12.3. The van der Waals surface area contributed by atoms with E-state index in [9.17, 15) is 4.79 Å². The Labute approximate surface area is 224 Å². The molecule has 0 bridgehead atoms. The van der Waals surface area contributed by atoms with Gasteiger partial charge in [0, 0.05) is 31.7 Å². The zero-order chi connectivity index (χ0) is 25.7. The zero-order valence-corrected chi connectivity index (χ0v) is 22.4. The highest BCUT2D eigenvalue weighted by molar-refractivity contribution is 7.98. The summed E-state index contributed by atoms with van der Waals surface area (Å²) in [6.07, 6.45) is 4.92. The molecule has 0 saturated heterocycles. The van der Waals surface area contributed by atoms with E-state index in [0.717, 1.165) is 55.4 Å². The molecule has 37 heavy (non-hydrogen) atoms. The van der Waals surface area contributed by atoms with Gasteiger partial charge >= 0.3 is 0 Å². The summed E-state index contributed by atoms with van der Waals surface area (Å²) < 4.78 is 2.27. The topological polar surface area (TPSA) is 59.8 Å². The van der Waals surface area contributed by atoms with Crippen molar-refractivity contribution in [3.63, 3.8) is 0 Å². The quantitative estimate of drug-likeness (QED) is 0.162. The number of thioether (sulfide) groups is 1. The lowest BCUT2D eigenvalue weighted by Crippen LogP contribution is -2.25. The van der Waals surface area contributed by atoms with Crippen LogP contribution in [0, 0.1) is 6.92 Å². The predicted octanol–water partition coefficient (Wildman–Crippen LogP) is 6.19. The number of amides is 1. The van der Waals surface area contributed by atoms with Crippen LogP contribution >= 0.6 is 11.8 Å². The Balaban J connectivity index is 1.28. The number of rotatable bonds is 14. The number of benzene rings is 3. The first-order valence-corrected chi connectivity index (χ1v) is 14.1. The Kier molecular flexibility index (Phi) is 10.4. The maximum Gasteiger partial charge on any atom is 0.220 e. The molecule has 192 valence electrons. The molecule has 0 aliphatic carbocycles. The molecule has 0 radical (unpaired) electrons. The van der Waals surface area contributed by atoms with Crippen LogP contribution < -0.4 is 5.32 Å². The van der Waals surface area contributed by atoms with Gasteiger partial charge in [0.1, 0.15) is 5.82 Å². The Hall–Kier alpha value is -3.38. The summed E-state index contributed by atoms with van der Waals surface area (Å²) in [6.45, 7) is 3.65. The first-order valence-electron chi connectivity index (χ1n) is 13.1. The lowest BCUT2D eigenvalue weighted by atomic mass is 10.1. The number of unbranched alkanes of at least 4 members (excludes halogenated alkanes) is 1. The number of aryl methyl sites for hydroxylation is 3. The van der Waals surface area contributed by atoms with Crippen molar-refractivity contribution >= 4 is 17.7 Å². The van der Waals surface area contributed by atoms with Crippen molar-refractivity contribution in [2.75, 3.05) is 6.54 Å². The Morgan fingerprint density at radius 1 is 0.811 bits per heavy atom. The molecule has 1 amide bonds. The van der Waals surface area contributed by atoms with E-state index in [1.54, 1.807) is 11.8 Å². The summed E-state index contributed by atoms with van der Waals surface area (Å²) in [4.78, 5) is 12.3. The monoisotopic (exact) mass is 512 g/mol. The van der Waals surface area contributed by atoms with Gasteiger partial charge in [-0.25, -0.2) is 0 Å². The van der Waals surface area contributed by atoms with Crippen LogP contribution in [0.4, 0.5) is 0 Å². The summed E-state index contributed by atoms with van der Waals surface area (Å²) in [6, 6.07) is 29.4. The molecule has 3 aromatic carbocycles. The largest absolute Gasteiger partial charge is 0.356 e. The van der Waals surface area contributed by atoms with E-state index in [0.29, 0.717) is 13.0 Å². The molecule has 0 aliphatic rings. The molecule has 4 rings (SSSR count). The minimum atomic E-state index is 0.121. The van der Waals surface area contributed by atoms with Gasteiger partial charge in [0.25, 0.3) is 0 Å². The molecule has 0 fully saturated rings. The molecule has 0 aliphatic heterocycles. The van der Waals surface area contributed by atoms with E-state index in [4.69, 9.17) is 0 Å². The van der Waals surface area contributed by atoms with Gasteiger partial charge in [0.2, 0.25) is 5.91 Å². The summed E-state index contributed by atoms with van der Waals surface area (Å²) >= 11 is 1.74. The second-order valence-corrected chi connectivity index (χ2v) is 10.3. The van der Waals surface area contributed by atoms with Gasteiger partial charge in [-0.15, -0.1) is 10.2 Å². The average Bonchev–Trinajstić information content (AvgIpc) is 3.31. The van der Waals surface area contributed by atoms with E-state index in [1.165, 1.54) is 22.3 Å². The fourth-order valence-corrected chi connectivity index (χ4v) is 5.25. The van der Waals surface area contributed by atoms with Gasteiger partial charge in [0.05, 0.1) is 0 Å². The van der Waals surface area contributed by atoms with Crippen LogP contribution in [0.15, 0.2) is 90.1 Å². The SMILES string of the molecule is Cc1cccc(CSc2nnc(CCCCC(=O)NCCc3ccccc3)n2CCc2ccccc2)c1. The second kappa shape index (κ2) is 14.4. The second-order valence-electron chi connectivity index (χ2n) is 9.36. The average molecular weight is 513 g/mol. The van der Waals surface area contributed by atoms with Crippen LogP contribution in [-0.4, -0.2) is 27.2 Å². The van der Waals surface area contributed by atoms with Crippen molar-refractivity contribution in [2.24, 2.45) is 0 Å². The van der Waals surface area contributed by atoms with Crippen LogP contribution in [0.3, 0.4) is 0 Å². The summed E-state index contributed by atoms with van der Waals surface area (Å²) in [7, 11) is 0. The standard InChI is InChI=1S/C31H36N4OS/c1-25-11-10-16-28(23-25)24-37-31-34-33-29(35(31)22-20-27-14-6-3-7-15-27)17-8-9-18-30(36)32-21-19-26-12-4-2-5-13-26/h2-7,10-16,23H,8-9,17-22,24H2,1H3,(H,32,36). The van der Waals surface area contributed by atoms with Crippen LogP contribution in [0.5, 0.6) is 0 Å². The number of nitrogens with one attached hydrogen (secondary N) is 1. The first kappa shape index (κ1) is 26.7. The molecule has 0 saturated carbocycles. The minimum absolute atomic E-state index is 0.121. The Bertz CT molecular complexity index is 1240. The van der Waals surface area contributed by atoms with Crippen LogP contribution in [0.25, 0.3) is 0 Å². The maximum absolute atomic E-state index is 12.3. The van der Waals surface area contributed by atoms with E-state index < -0.39 is 0 Å². The lowest BCUT2D eigenvalue weighted by molar-refractivity contribution is -0.121. The van der Waals surface area contributed by atoms with Crippen molar-refractivity contribution in [2.45, 2.75) is 62.9 Å². The van der Waals surface area contributed by atoms with Crippen LogP contribution in [-0.2, 0) is 36.4 Å². The molecule has 1 aromatic heterocycles. The highest BCUT2D eigenvalue weighted by Gasteiger charge is 2.13. The number of hydrogen-bond donors (Lipinski definition) is 1. The van der Waals surface area contributed by atoms with Gasteiger partial charge in [-0.05, 0) is 49.3 Å². The molecule has 1 N–H and O–H groups in total. The Morgan fingerprint density at radius 3 is 2.24 bits per heavy atom. The first-order chi connectivity index (χ1) is 18.2. The third-order valence-electron chi connectivity index (χ3n) is 6.34. The van der Waals surface area contributed by atoms with Crippen molar-refractivity contribution in [1.82, 2.24) is 20.1 Å². The summed E-state index contributed by atoms with van der Waals surface area (Å²) in [5.74, 6) is 2.00. The number of carbonyl (C=O) groups excluding carboxylic acids is 1. The van der Waals surface area contributed by atoms with E-state index in [-0.39, 0.29) is 5.91 Å². The molecule has 6 heteroatoms. The molecule has 0 atom stereocenters. The number of nitrogens with zero attached hydrogens (tertiary/aromatic N) is 3. The predicted molar refractivity (Wildman–Crippen MR) is 152 cm³/mol. The minimum Gasteiger partial charge on any atom is -0.356 e. The number of aromatic nitrogens is 3. The van der Waals surface area contributed by atoms with Crippen LogP contribution in [0.2, 0.25) is 0 Å². The molecule has 1 heterocycles. The zero-order valence-electron chi connectivity index (χ0n) is 21.6. The lowest BCUT2D eigenvalue weighted by Gasteiger charge is -2.11. The molecule has 5 nitrogen and oxygen atoms in total. The van der Waals surface area contributed by atoms with Gasteiger partial charge in [-0.3, -0.25) is 4.79 Å². The van der Waals surface area contributed by atoms with Crippen LogP contribution in [0.1, 0.15) is 47.3 Å². The molecular weight excluding hydrogens is 476 g/mol. The van der Waals surface area contributed by atoms with Crippen molar-refractivity contribution < 1.29 is 4.79 Å². The summed E-state index contributed by atoms with van der Waals surface area (Å²) in [5.41, 5.74) is 5.12. The molecular formula is C31H36N4OS. The fraction of sp³-hybridized carbons (Fsp3) is 0.323.